The van der Waals surface area contributed by atoms with Crippen LogP contribution in [-0.4, -0.2) is 10.9 Å². The Kier molecular flexibility index (Phi) is 6.07. The van der Waals surface area contributed by atoms with Gasteiger partial charge in [-0.05, 0) is 42.8 Å². The van der Waals surface area contributed by atoms with Gasteiger partial charge in [-0.15, -0.1) is 11.3 Å². The summed E-state index contributed by atoms with van der Waals surface area (Å²) < 4.78 is 0. The zero-order valence-electron chi connectivity index (χ0n) is 16.3. The molecule has 30 heavy (non-hydrogen) atoms. The number of nitrogens with one attached hydrogen (secondary N) is 1. The Balaban J connectivity index is 1.46. The molecule has 1 aromatic heterocycles. The average Bonchev–Trinajstić information content (AvgIpc) is 3.15. The summed E-state index contributed by atoms with van der Waals surface area (Å²) in [5.74, 6) is -0.195. The summed E-state index contributed by atoms with van der Waals surface area (Å²) in [4.78, 5) is 18.2. The number of hydrogen-bond donors (Lipinski definition) is 1. The Hall–Kier alpha value is -3.21. The fraction of sp³-hybridized carbons (Fsp3) is 0.0400. The fourth-order valence-corrected chi connectivity index (χ4v) is 4.19. The Labute approximate surface area is 184 Å². The van der Waals surface area contributed by atoms with Crippen molar-refractivity contribution in [3.05, 3.63) is 100 Å². The van der Waals surface area contributed by atoms with Gasteiger partial charge in [0.25, 0.3) is 0 Å². The normalized spacial score (nSPS) is 11.0. The van der Waals surface area contributed by atoms with Crippen LogP contribution in [-0.2, 0) is 4.79 Å². The van der Waals surface area contributed by atoms with Crippen molar-refractivity contribution >= 4 is 40.6 Å². The summed E-state index contributed by atoms with van der Waals surface area (Å²) >= 11 is 7.65. The minimum Gasteiger partial charge on any atom is -0.323 e. The first kappa shape index (κ1) is 20.1. The minimum absolute atomic E-state index is 0.195. The second kappa shape index (κ2) is 9.08. The molecule has 0 aliphatic rings. The van der Waals surface area contributed by atoms with Crippen LogP contribution in [0.15, 0.2) is 84.9 Å². The van der Waals surface area contributed by atoms with Gasteiger partial charge in [-0.1, -0.05) is 66.2 Å². The van der Waals surface area contributed by atoms with Crippen molar-refractivity contribution in [2.75, 3.05) is 5.32 Å². The first-order valence-corrected chi connectivity index (χ1v) is 10.7. The number of benzene rings is 3. The van der Waals surface area contributed by atoms with Gasteiger partial charge in [0.1, 0.15) is 5.01 Å². The molecule has 0 saturated carbocycles. The first-order valence-electron chi connectivity index (χ1n) is 9.46. The molecule has 0 aliphatic carbocycles. The predicted molar refractivity (Wildman–Crippen MR) is 127 cm³/mol. The van der Waals surface area contributed by atoms with Crippen LogP contribution in [0.3, 0.4) is 0 Å². The van der Waals surface area contributed by atoms with Gasteiger partial charge in [0.05, 0.1) is 5.69 Å². The molecule has 4 rings (SSSR count). The van der Waals surface area contributed by atoms with E-state index in [1.165, 1.54) is 6.08 Å². The molecule has 148 valence electrons. The number of hydrogen-bond acceptors (Lipinski definition) is 3. The van der Waals surface area contributed by atoms with E-state index < -0.39 is 0 Å². The van der Waals surface area contributed by atoms with Crippen LogP contribution >= 0.6 is 22.9 Å². The molecule has 0 atom stereocenters. The highest BCUT2D eigenvalue weighted by Crippen LogP contribution is 2.33. The molecule has 4 aromatic rings. The number of carbonyl (C=O) groups is 1. The third-order valence-corrected chi connectivity index (χ3v) is 5.77. The van der Waals surface area contributed by atoms with Crippen LogP contribution < -0.4 is 5.32 Å². The number of aryl methyl sites for hydroxylation is 1. The van der Waals surface area contributed by atoms with Gasteiger partial charge in [-0.25, -0.2) is 4.98 Å². The molecule has 1 N–H and O–H groups in total. The number of halogens is 1. The topological polar surface area (TPSA) is 42.0 Å². The van der Waals surface area contributed by atoms with Gasteiger partial charge < -0.3 is 5.32 Å². The lowest BCUT2D eigenvalue weighted by Gasteiger charge is -2.04. The summed E-state index contributed by atoms with van der Waals surface area (Å²) in [6.45, 7) is 2.08. The standard InChI is InChI=1S/C25H19ClN2OS/c1-17-24(28-25(30-17)20-7-3-2-4-8-20)19-11-13-22(14-12-19)27-23(29)15-10-18-6-5-9-21(26)16-18/h2-16H,1H3,(H,27,29)/b15-10+. The molecule has 0 saturated heterocycles. The third-order valence-electron chi connectivity index (χ3n) is 4.52. The zero-order valence-corrected chi connectivity index (χ0v) is 17.9. The summed E-state index contributed by atoms with van der Waals surface area (Å²) in [6.07, 6.45) is 3.23. The Morgan fingerprint density at radius 3 is 2.47 bits per heavy atom. The SMILES string of the molecule is Cc1sc(-c2ccccc2)nc1-c1ccc(NC(=O)/C=C/c2cccc(Cl)c2)cc1. The van der Waals surface area contributed by atoms with E-state index in [1.54, 1.807) is 29.5 Å². The van der Waals surface area contributed by atoms with Crippen molar-refractivity contribution in [2.45, 2.75) is 6.92 Å². The highest BCUT2D eigenvalue weighted by molar-refractivity contribution is 7.15. The molecule has 0 fully saturated rings. The zero-order chi connectivity index (χ0) is 20.9. The molecular formula is C25H19ClN2OS. The van der Waals surface area contributed by atoms with E-state index in [4.69, 9.17) is 16.6 Å². The number of amides is 1. The van der Waals surface area contributed by atoms with Crippen molar-refractivity contribution in [2.24, 2.45) is 0 Å². The van der Waals surface area contributed by atoms with E-state index in [2.05, 4.69) is 24.4 Å². The van der Waals surface area contributed by atoms with Gasteiger partial charge in [-0.2, -0.15) is 0 Å². The molecule has 0 radical (unpaired) electrons. The van der Waals surface area contributed by atoms with Crippen molar-refractivity contribution in [3.8, 4) is 21.8 Å². The van der Waals surface area contributed by atoms with Crippen molar-refractivity contribution < 1.29 is 4.79 Å². The maximum Gasteiger partial charge on any atom is 0.248 e. The molecule has 3 aromatic carbocycles. The summed E-state index contributed by atoms with van der Waals surface area (Å²) in [5.41, 5.74) is 4.72. The number of carbonyl (C=O) groups excluding carboxylic acids is 1. The van der Waals surface area contributed by atoms with E-state index in [-0.39, 0.29) is 5.91 Å². The molecule has 5 heteroatoms. The Bertz CT molecular complexity index is 1200. The van der Waals surface area contributed by atoms with Crippen LogP contribution in [0.4, 0.5) is 5.69 Å². The molecule has 0 aliphatic heterocycles. The van der Waals surface area contributed by atoms with Gasteiger partial charge in [0.2, 0.25) is 5.91 Å². The van der Waals surface area contributed by atoms with Crippen LogP contribution in [0.2, 0.25) is 5.02 Å². The van der Waals surface area contributed by atoms with Crippen molar-refractivity contribution in [1.29, 1.82) is 0 Å². The monoisotopic (exact) mass is 430 g/mol. The quantitative estimate of drug-likeness (QED) is 0.343. The fourth-order valence-electron chi connectivity index (χ4n) is 3.05. The highest BCUT2D eigenvalue weighted by Gasteiger charge is 2.11. The van der Waals surface area contributed by atoms with Crippen molar-refractivity contribution in [3.63, 3.8) is 0 Å². The minimum atomic E-state index is -0.195. The highest BCUT2D eigenvalue weighted by atomic mass is 35.5. The number of anilines is 1. The molecule has 0 unspecified atom stereocenters. The van der Waals surface area contributed by atoms with Crippen LogP contribution in [0.25, 0.3) is 27.9 Å². The summed E-state index contributed by atoms with van der Waals surface area (Å²) in [7, 11) is 0. The lowest BCUT2D eigenvalue weighted by Crippen LogP contribution is -2.07. The van der Waals surface area contributed by atoms with Crippen molar-refractivity contribution in [1.82, 2.24) is 4.98 Å². The molecular weight excluding hydrogens is 412 g/mol. The van der Waals surface area contributed by atoms with E-state index in [0.717, 1.165) is 38.0 Å². The predicted octanol–water partition coefficient (Wildman–Crippen LogP) is 7.09. The summed E-state index contributed by atoms with van der Waals surface area (Å²) in [5, 5.41) is 4.52. The molecule has 1 heterocycles. The number of thiazole rings is 1. The van der Waals surface area contributed by atoms with E-state index >= 15 is 0 Å². The number of aromatic nitrogens is 1. The number of rotatable bonds is 5. The average molecular weight is 431 g/mol. The van der Waals surface area contributed by atoms with E-state index in [9.17, 15) is 4.79 Å². The Morgan fingerprint density at radius 1 is 0.967 bits per heavy atom. The molecule has 3 nitrogen and oxygen atoms in total. The summed E-state index contributed by atoms with van der Waals surface area (Å²) in [6, 6.07) is 25.3. The van der Waals surface area contributed by atoms with Crippen LogP contribution in [0.5, 0.6) is 0 Å². The van der Waals surface area contributed by atoms with E-state index in [0.29, 0.717) is 5.02 Å². The molecule has 0 spiro atoms. The Morgan fingerprint density at radius 2 is 1.73 bits per heavy atom. The van der Waals surface area contributed by atoms with Gasteiger partial charge >= 0.3 is 0 Å². The second-order valence-electron chi connectivity index (χ2n) is 6.74. The van der Waals surface area contributed by atoms with Gasteiger partial charge in [0, 0.05) is 32.8 Å². The van der Waals surface area contributed by atoms with Gasteiger partial charge in [-0.3, -0.25) is 4.79 Å². The largest absolute Gasteiger partial charge is 0.323 e. The number of nitrogens with zero attached hydrogens (tertiary/aromatic N) is 1. The molecule has 1 amide bonds. The lowest BCUT2D eigenvalue weighted by atomic mass is 10.1. The lowest BCUT2D eigenvalue weighted by molar-refractivity contribution is -0.111. The maximum atomic E-state index is 12.2. The van der Waals surface area contributed by atoms with Crippen LogP contribution in [0.1, 0.15) is 10.4 Å². The second-order valence-corrected chi connectivity index (χ2v) is 8.38. The third kappa shape index (κ3) is 4.85. The van der Waals surface area contributed by atoms with Gasteiger partial charge in [0.15, 0.2) is 0 Å². The smallest absolute Gasteiger partial charge is 0.248 e. The maximum absolute atomic E-state index is 12.2. The first-order chi connectivity index (χ1) is 14.6. The molecule has 0 bridgehead atoms. The van der Waals surface area contributed by atoms with E-state index in [1.807, 2.05) is 54.6 Å². The van der Waals surface area contributed by atoms with Crippen LogP contribution in [0, 0.1) is 6.92 Å².